The largest absolute Gasteiger partial charge is 0.507 e. The third-order valence-electron chi connectivity index (χ3n) is 5.61. The average Bonchev–Trinajstić information content (AvgIpc) is 2.75. The molecular formula is C22H22O10. The smallest absolute Gasteiger partial charge is 0.197 e. The Hall–Kier alpha value is -3.31. The predicted molar refractivity (Wildman–Crippen MR) is 111 cm³/mol. The van der Waals surface area contributed by atoms with Crippen molar-refractivity contribution in [1.29, 1.82) is 0 Å². The molecule has 3 aromatic rings. The third-order valence-corrected chi connectivity index (χ3v) is 5.61. The molecular weight excluding hydrogens is 424 g/mol. The number of benzene rings is 2. The van der Waals surface area contributed by atoms with E-state index in [2.05, 4.69) is 0 Å². The fourth-order valence-corrected chi connectivity index (χ4v) is 3.85. The molecule has 0 amide bonds. The molecule has 0 spiro atoms. The lowest BCUT2D eigenvalue weighted by Gasteiger charge is -2.39. The van der Waals surface area contributed by atoms with Crippen LogP contribution in [0.1, 0.15) is 18.6 Å². The molecule has 10 nitrogen and oxygen atoms in total. The van der Waals surface area contributed by atoms with E-state index in [0.29, 0.717) is 5.56 Å². The number of hydrogen-bond acceptors (Lipinski definition) is 10. The van der Waals surface area contributed by atoms with Crippen molar-refractivity contribution in [2.75, 3.05) is 7.11 Å². The van der Waals surface area contributed by atoms with Crippen LogP contribution in [0.25, 0.3) is 22.3 Å². The first kappa shape index (κ1) is 21.9. The van der Waals surface area contributed by atoms with E-state index in [9.17, 15) is 35.4 Å². The molecule has 0 aliphatic carbocycles. The van der Waals surface area contributed by atoms with E-state index in [4.69, 9.17) is 13.9 Å². The topological polar surface area (TPSA) is 170 Å². The molecule has 1 saturated heterocycles. The van der Waals surface area contributed by atoms with Gasteiger partial charge in [-0.3, -0.25) is 4.79 Å². The Labute approximate surface area is 181 Å². The van der Waals surface area contributed by atoms with Crippen molar-refractivity contribution in [2.45, 2.75) is 37.4 Å². The number of aromatic hydroxyl groups is 3. The predicted octanol–water partition coefficient (Wildman–Crippen LogP) is 1.13. The Bertz CT molecular complexity index is 1230. The van der Waals surface area contributed by atoms with E-state index in [-0.39, 0.29) is 33.8 Å². The van der Waals surface area contributed by atoms with Gasteiger partial charge in [0.15, 0.2) is 16.9 Å². The van der Waals surface area contributed by atoms with Gasteiger partial charge in [-0.1, -0.05) is 0 Å². The maximum absolute atomic E-state index is 12.8. The van der Waals surface area contributed by atoms with E-state index < -0.39 is 47.4 Å². The number of ether oxygens (including phenoxy) is 2. The second kappa shape index (κ2) is 7.99. The van der Waals surface area contributed by atoms with E-state index in [1.807, 2.05) is 0 Å². The minimum atomic E-state index is -1.67. The number of phenolic OH excluding ortho intramolecular Hbond substituents is 3. The van der Waals surface area contributed by atoms with Crippen LogP contribution < -0.4 is 10.2 Å². The number of rotatable bonds is 3. The molecule has 6 N–H and O–H groups in total. The van der Waals surface area contributed by atoms with Crippen molar-refractivity contribution in [2.24, 2.45) is 0 Å². The lowest BCUT2D eigenvalue weighted by Crippen LogP contribution is -2.53. The minimum Gasteiger partial charge on any atom is -0.507 e. The Kier molecular flexibility index (Phi) is 5.47. The van der Waals surface area contributed by atoms with Crippen LogP contribution in [-0.4, -0.2) is 62.2 Å². The quantitative estimate of drug-likeness (QED) is 0.343. The zero-order valence-electron chi connectivity index (χ0n) is 17.1. The van der Waals surface area contributed by atoms with E-state index >= 15 is 0 Å². The molecule has 5 atom stereocenters. The van der Waals surface area contributed by atoms with Crippen LogP contribution in [-0.2, 0) is 4.74 Å². The molecule has 0 bridgehead atoms. The summed E-state index contributed by atoms with van der Waals surface area (Å²) in [5.74, 6) is -1.08. The zero-order valence-corrected chi connectivity index (χ0v) is 17.1. The highest BCUT2D eigenvalue weighted by Crippen LogP contribution is 2.44. The van der Waals surface area contributed by atoms with Gasteiger partial charge in [0.25, 0.3) is 0 Å². The first-order valence-corrected chi connectivity index (χ1v) is 9.73. The second-order valence-corrected chi connectivity index (χ2v) is 7.63. The Morgan fingerprint density at radius 2 is 1.66 bits per heavy atom. The molecule has 32 heavy (non-hydrogen) atoms. The van der Waals surface area contributed by atoms with Crippen LogP contribution in [0.15, 0.2) is 39.5 Å². The Morgan fingerprint density at radius 3 is 2.34 bits per heavy atom. The van der Waals surface area contributed by atoms with Gasteiger partial charge in [0.2, 0.25) is 0 Å². The molecule has 10 heteroatoms. The molecule has 1 fully saturated rings. The van der Waals surface area contributed by atoms with Crippen molar-refractivity contribution >= 4 is 11.0 Å². The summed E-state index contributed by atoms with van der Waals surface area (Å²) in [6, 6.07) is 6.52. The molecule has 1 aliphatic heterocycles. The molecule has 0 unspecified atom stereocenters. The Morgan fingerprint density at radius 1 is 0.938 bits per heavy atom. The highest BCUT2D eigenvalue weighted by molar-refractivity contribution is 5.88. The van der Waals surface area contributed by atoms with Gasteiger partial charge in [-0.2, -0.15) is 0 Å². The standard InChI is InChI=1S/C22H22O10/c1-8-18(26)20(28)21(29)22(31-8)17-12(25)7-15-16(19(17)27)11(24)6-13(32-15)9-3-4-10(23)14(5-9)30-2/h3-8,18,20-23,25-29H,1-2H3/t8-,18+,20+,21-,22+/m1/s1. The summed E-state index contributed by atoms with van der Waals surface area (Å²) in [6.07, 6.45) is -6.97. The summed E-state index contributed by atoms with van der Waals surface area (Å²) in [5, 5.41) is 61.1. The molecule has 1 aromatic heterocycles. The number of hydrogen-bond donors (Lipinski definition) is 6. The van der Waals surface area contributed by atoms with Crippen molar-refractivity contribution in [3.05, 3.63) is 46.1 Å². The lowest BCUT2D eigenvalue weighted by molar-refractivity contribution is -0.220. The van der Waals surface area contributed by atoms with Gasteiger partial charge < -0.3 is 44.5 Å². The maximum Gasteiger partial charge on any atom is 0.197 e. The number of fused-ring (bicyclic) bond motifs is 1. The fraction of sp³-hybridized carbons (Fsp3) is 0.318. The Balaban J connectivity index is 1.86. The average molecular weight is 446 g/mol. The first-order valence-electron chi connectivity index (χ1n) is 9.73. The number of phenols is 3. The molecule has 1 aliphatic rings. The summed E-state index contributed by atoms with van der Waals surface area (Å²) in [6.45, 7) is 1.45. The number of methoxy groups -OCH3 is 1. The van der Waals surface area contributed by atoms with Crippen molar-refractivity contribution < 1.29 is 44.5 Å². The summed E-state index contributed by atoms with van der Waals surface area (Å²) in [7, 11) is 1.37. The molecule has 170 valence electrons. The third kappa shape index (κ3) is 3.43. The van der Waals surface area contributed by atoms with Crippen LogP contribution in [0.4, 0.5) is 0 Å². The van der Waals surface area contributed by atoms with Crippen LogP contribution in [0.3, 0.4) is 0 Å². The second-order valence-electron chi connectivity index (χ2n) is 7.63. The van der Waals surface area contributed by atoms with Gasteiger partial charge in [-0.25, -0.2) is 0 Å². The molecule has 2 aromatic carbocycles. The van der Waals surface area contributed by atoms with Crippen molar-refractivity contribution in [3.8, 4) is 34.3 Å². The fourth-order valence-electron chi connectivity index (χ4n) is 3.85. The molecule has 0 saturated carbocycles. The molecule has 2 heterocycles. The highest BCUT2D eigenvalue weighted by Gasteiger charge is 2.44. The van der Waals surface area contributed by atoms with Gasteiger partial charge in [-0.05, 0) is 25.1 Å². The first-order chi connectivity index (χ1) is 15.1. The highest BCUT2D eigenvalue weighted by atomic mass is 16.5. The van der Waals surface area contributed by atoms with Crippen molar-refractivity contribution in [3.63, 3.8) is 0 Å². The SMILES string of the molecule is COc1cc(-c2cc(=O)c3c(O)c([C@@H]4O[C@H](C)[C@H](O)[C@H](O)[C@H]4O)c(O)cc3o2)ccc1O. The van der Waals surface area contributed by atoms with Gasteiger partial charge in [0.05, 0.1) is 18.8 Å². The zero-order chi connectivity index (χ0) is 23.3. The van der Waals surface area contributed by atoms with Gasteiger partial charge in [0.1, 0.15) is 52.6 Å². The van der Waals surface area contributed by atoms with Crippen LogP contribution in [0, 0.1) is 0 Å². The van der Waals surface area contributed by atoms with Crippen LogP contribution in [0.2, 0.25) is 0 Å². The van der Waals surface area contributed by atoms with E-state index in [1.54, 1.807) is 0 Å². The van der Waals surface area contributed by atoms with Gasteiger partial charge >= 0.3 is 0 Å². The normalized spacial score (nSPS) is 25.7. The number of aliphatic hydroxyl groups excluding tert-OH is 3. The molecule has 4 rings (SSSR count). The number of aliphatic hydroxyl groups is 3. The maximum atomic E-state index is 12.8. The summed E-state index contributed by atoms with van der Waals surface area (Å²) < 4.78 is 16.3. The van der Waals surface area contributed by atoms with Gasteiger partial charge in [-0.15, -0.1) is 0 Å². The summed E-state index contributed by atoms with van der Waals surface area (Å²) in [4.78, 5) is 12.8. The van der Waals surface area contributed by atoms with E-state index in [0.717, 1.165) is 12.1 Å². The summed E-state index contributed by atoms with van der Waals surface area (Å²) >= 11 is 0. The summed E-state index contributed by atoms with van der Waals surface area (Å²) in [5.41, 5.74) is -0.698. The van der Waals surface area contributed by atoms with Crippen molar-refractivity contribution in [1.82, 2.24) is 0 Å². The van der Waals surface area contributed by atoms with Crippen LogP contribution in [0.5, 0.6) is 23.0 Å². The molecule has 0 radical (unpaired) electrons. The van der Waals surface area contributed by atoms with E-state index in [1.165, 1.54) is 32.2 Å². The monoisotopic (exact) mass is 446 g/mol. The van der Waals surface area contributed by atoms with Gasteiger partial charge in [0, 0.05) is 17.7 Å². The van der Waals surface area contributed by atoms with Crippen LogP contribution >= 0.6 is 0 Å². The lowest BCUT2D eigenvalue weighted by atomic mass is 9.90. The minimum absolute atomic E-state index is 0.0912.